The van der Waals surface area contributed by atoms with Gasteiger partial charge in [-0.25, -0.2) is 4.98 Å². The van der Waals surface area contributed by atoms with E-state index in [4.69, 9.17) is 0 Å². The van der Waals surface area contributed by atoms with Gasteiger partial charge in [0.25, 0.3) is 5.91 Å². The lowest BCUT2D eigenvalue weighted by Gasteiger charge is -2.03. The lowest BCUT2D eigenvalue weighted by Crippen LogP contribution is -2.12. The van der Waals surface area contributed by atoms with Crippen molar-refractivity contribution in [3.63, 3.8) is 0 Å². The highest BCUT2D eigenvalue weighted by molar-refractivity contribution is 6.04. The second-order valence-corrected chi connectivity index (χ2v) is 5.30. The fourth-order valence-electron chi connectivity index (χ4n) is 2.59. The Morgan fingerprint density at radius 2 is 2.00 bits per heavy atom. The molecule has 24 heavy (non-hydrogen) atoms. The lowest BCUT2D eigenvalue weighted by molar-refractivity contribution is 0.102. The highest BCUT2D eigenvalue weighted by atomic mass is 16.1. The molecule has 4 rings (SSSR count). The van der Waals surface area contributed by atoms with E-state index < -0.39 is 0 Å². The number of rotatable bonds is 2. The van der Waals surface area contributed by atoms with Crippen LogP contribution in [0.5, 0.6) is 0 Å². The van der Waals surface area contributed by atoms with Crippen LogP contribution in [0.2, 0.25) is 0 Å². The van der Waals surface area contributed by atoms with Gasteiger partial charge in [0.05, 0.1) is 0 Å². The van der Waals surface area contributed by atoms with Gasteiger partial charge in [0.1, 0.15) is 11.3 Å². The van der Waals surface area contributed by atoms with Crippen LogP contribution >= 0.6 is 0 Å². The molecule has 4 aromatic rings. The van der Waals surface area contributed by atoms with Gasteiger partial charge in [-0.2, -0.15) is 0 Å². The number of pyridine rings is 1. The van der Waals surface area contributed by atoms with Gasteiger partial charge in [0.15, 0.2) is 0 Å². The number of fused-ring (bicyclic) bond motifs is 2. The van der Waals surface area contributed by atoms with E-state index in [1.165, 1.54) is 0 Å². The summed E-state index contributed by atoms with van der Waals surface area (Å²) in [5, 5.41) is 3.97. The number of benzene rings is 1. The topological polar surface area (TPSA) is 62.2 Å². The highest BCUT2D eigenvalue weighted by Gasteiger charge is 2.11. The second kappa shape index (κ2) is 6.58. The first-order valence-corrected chi connectivity index (χ1v) is 8.03. The molecule has 0 aliphatic heterocycles. The van der Waals surface area contributed by atoms with Crippen molar-refractivity contribution in [1.82, 2.24) is 14.4 Å². The van der Waals surface area contributed by atoms with Crippen LogP contribution in [-0.4, -0.2) is 20.3 Å². The van der Waals surface area contributed by atoms with Crippen molar-refractivity contribution in [1.29, 1.82) is 0 Å². The largest absolute Gasteiger partial charge is 0.359 e. The summed E-state index contributed by atoms with van der Waals surface area (Å²) in [6, 6.07) is 13.5. The number of anilines is 1. The summed E-state index contributed by atoms with van der Waals surface area (Å²) in [6.45, 7) is 6.01. The summed E-state index contributed by atoms with van der Waals surface area (Å²) in [6.07, 6.45) is 3.59. The Morgan fingerprint density at radius 3 is 2.79 bits per heavy atom. The van der Waals surface area contributed by atoms with Crippen molar-refractivity contribution in [2.45, 2.75) is 20.8 Å². The van der Waals surface area contributed by atoms with Crippen LogP contribution in [0.15, 0.2) is 54.9 Å². The summed E-state index contributed by atoms with van der Waals surface area (Å²) in [5.74, 6) is -0.213. The third kappa shape index (κ3) is 3.01. The SMILES string of the molecule is CC.Cc1cc2cc(NC(=O)c3cn4ccccc4n3)ccc2[nH]1. The van der Waals surface area contributed by atoms with Crippen molar-refractivity contribution in [3.8, 4) is 0 Å². The molecule has 0 saturated heterocycles. The van der Waals surface area contributed by atoms with Crippen LogP contribution in [0.25, 0.3) is 16.6 Å². The normalized spacial score (nSPS) is 10.5. The molecule has 0 spiro atoms. The second-order valence-electron chi connectivity index (χ2n) is 5.30. The van der Waals surface area contributed by atoms with Crippen molar-refractivity contribution in [2.75, 3.05) is 5.32 Å². The average molecular weight is 320 g/mol. The monoisotopic (exact) mass is 320 g/mol. The van der Waals surface area contributed by atoms with Crippen molar-refractivity contribution in [3.05, 3.63) is 66.2 Å². The van der Waals surface area contributed by atoms with Gasteiger partial charge in [0, 0.05) is 34.7 Å². The van der Waals surface area contributed by atoms with Gasteiger partial charge in [-0.1, -0.05) is 19.9 Å². The smallest absolute Gasteiger partial charge is 0.275 e. The Kier molecular flexibility index (Phi) is 4.33. The van der Waals surface area contributed by atoms with E-state index in [2.05, 4.69) is 21.4 Å². The Morgan fingerprint density at radius 1 is 1.17 bits per heavy atom. The molecule has 0 aliphatic carbocycles. The number of imidazole rings is 1. The molecule has 0 atom stereocenters. The molecule has 0 fully saturated rings. The first-order chi connectivity index (χ1) is 11.7. The number of hydrogen-bond donors (Lipinski definition) is 2. The number of hydrogen-bond acceptors (Lipinski definition) is 2. The van der Waals surface area contributed by atoms with Gasteiger partial charge in [-0.3, -0.25) is 4.79 Å². The minimum atomic E-state index is -0.213. The predicted molar refractivity (Wildman–Crippen MR) is 97.5 cm³/mol. The van der Waals surface area contributed by atoms with Crippen LogP contribution in [0.1, 0.15) is 30.0 Å². The highest BCUT2D eigenvalue weighted by Crippen LogP contribution is 2.20. The third-order valence-corrected chi connectivity index (χ3v) is 3.61. The van der Waals surface area contributed by atoms with Gasteiger partial charge in [-0.15, -0.1) is 0 Å². The van der Waals surface area contributed by atoms with E-state index >= 15 is 0 Å². The number of aryl methyl sites for hydroxylation is 1. The minimum Gasteiger partial charge on any atom is -0.359 e. The van der Waals surface area contributed by atoms with E-state index in [0.29, 0.717) is 5.69 Å². The van der Waals surface area contributed by atoms with E-state index in [1.807, 2.05) is 67.8 Å². The van der Waals surface area contributed by atoms with Crippen LogP contribution in [0.4, 0.5) is 5.69 Å². The molecule has 0 aliphatic rings. The van der Waals surface area contributed by atoms with Crippen LogP contribution in [-0.2, 0) is 0 Å². The first kappa shape index (κ1) is 15.8. The molecule has 5 heteroatoms. The summed E-state index contributed by atoms with van der Waals surface area (Å²) >= 11 is 0. The molecule has 5 nitrogen and oxygen atoms in total. The first-order valence-electron chi connectivity index (χ1n) is 8.03. The maximum Gasteiger partial charge on any atom is 0.275 e. The van der Waals surface area contributed by atoms with Gasteiger partial charge < -0.3 is 14.7 Å². The van der Waals surface area contributed by atoms with Gasteiger partial charge in [0.2, 0.25) is 0 Å². The van der Waals surface area contributed by atoms with E-state index in [1.54, 1.807) is 6.20 Å². The zero-order valence-electron chi connectivity index (χ0n) is 14.0. The molecule has 1 amide bonds. The quantitative estimate of drug-likeness (QED) is 0.575. The number of carbonyl (C=O) groups excluding carboxylic acids is 1. The molecule has 1 aromatic carbocycles. The predicted octanol–water partition coefficient (Wildman–Crippen LogP) is 4.40. The number of nitrogens with one attached hydrogen (secondary N) is 2. The molecular weight excluding hydrogens is 300 g/mol. The molecule has 0 bridgehead atoms. The van der Waals surface area contributed by atoms with E-state index in [0.717, 1.165) is 27.9 Å². The van der Waals surface area contributed by atoms with Crippen LogP contribution in [0.3, 0.4) is 0 Å². The Bertz CT molecular complexity index is 964. The Hall–Kier alpha value is -3.08. The van der Waals surface area contributed by atoms with Crippen molar-refractivity contribution in [2.24, 2.45) is 0 Å². The number of nitrogens with zero attached hydrogens (tertiary/aromatic N) is 2. The molecule has 3 aromatic heterocycles. The Labute approximate surface area is 140 Å². The van der Waals surface area contributed by atoms with Gasteiger partial charge in [-0.05, 0) is 43.3 Å². The van der Waals surface area contributed by atoms with Crippen molar-refractivity contribution >= 4 is 28.1 Å². The molecule has 0 saturated carbocycles. The van der Waals surface area contributed by atoms with Crippen LogP contribution < -0.4 is 5.32 Å². The third-order valence-electron chi connectivity index (χ3n) is 3.61. The number of aromatic amines is 1. The minimum absolute atomic E-state index is 0.213. The molecule has 0 unspecified atom stereocenters. The summed E-state index contributed by atoms with van der Waals surface area (Å²) in [5.41, 5.74) is 4.07. The number of carbonyl (C=O) groups is 1. The number of H-pyrrole nitrogens is 1. The van der Waals surface area contributed by atoms with Crippen molar-refractivity contribution < 1.29 is 4.79 Å². The maximum atomic E-state index is 12.3. The van der Waals surface area contributed by atoms with Crippen LogP contribution in [0, 0.1) is 6.92 Å². The Balaban J connectivity index is 0.000000815. The summed E-state index contributed by atoms with van der Waals surface area (Å²) in [4.78, 5) is 19.9. The van der Waals surface area contributed by atoms with Gasteiger partial charge >= 0.3 is 0 Å². The molecule has 122 valence electrons. The fourth-order valence-corrected chi connectivity index (χ4v) is 2.59. The zero-order chi connectivity index (χ0) is 17.1. The summed E-state index contributed by atoms with van der Waals surface area (Å²) in [7, 11) is 0. The lowest BCUT2D eigenvalue weighted by atomic mass is 10.2. The standard InChI is InChI=1S/C17H14N4O.C2H6/c1-11-8-12-9-13(5-6-14(12)18-11)19-17(22)15-10-21-7-3-2-4-16(21)20-15;1-2/h2-10,18H,1H3,(H,19,22);1-2H3. The van der Waals surface area contributed by atoms with E-state index in [-0.39, 0.29) is 5.91 Å². The number of aromatic nitrogens is 3. The average Bonchev–Trinajstić information content (AvgIpc) is 3.18. The molecule has 2 N–H and O–H groups in total. The molecular formula is C19H20N4O. The van der Waals surface area contributed by atoms with E-state index in [9.17, 15) is 4.79 Å². The summed E-state index contributed by atoms with van der Waals surface area (Å²) < 4.78 is 1.83. The zero-order valence-corrected chi connectivity index (χ0v) is 14.0. The number of amides is 1. The molecule has 3 heterocycles. The molecule has 0 radical (unpaired) electrons. The maximum absolute atomic E-state index is 12.3. The fraction of sp³-hybridized carbons (Fsp3) is 0.158.